The number of nitrogens with zero attached hydrogens (tertiary/aromatic N) is 1. The molecule has 18 heavy (non-hydrogen) atoms. The molecule has 0 saturated heterocycles. The first-order valence-corrected chi connectivity index (χ1v) is 5.15. The van der Waals surface area contributed by atoms with E-state index < -0.39 is 11.6 Å². The lowest BCUT2D eigenvalue weighted by Gasteiger charge is -2.07. The van der Waals surface area contributed by atoms with Crippen molar-refractivity contribution in [3.8, 4) is 17.6 Å². The highest BCUT2D eigenvalue weighted by molar-refractivity contribution is 5.39. The predicted octanol–water partition coefficient (Wildman–Crippen LogP) is 3.83. The van der Waals surface area contributed by atoms with E-state index in [0.717, 1.165) is 0 Å². The third-order valence-corrected chi connectivity index (χ3v) is 2.23. The number of rotatable bonds is 3. The molecule has 0 N–H and O–H groups in total. The Kier molecular flexibility index (Phi) is 3.54. The van der Waals surface area contributed by atoms with Crippen molar-refractivity contribution in [1.29, 1.82) is 5.26 Å². The molecule has 0 spiro atoms. The van der Waals surface area contributed by atoms with Crippen LogP contribution in [0.25, 0.3) is 0 Å². The molecule has 0 bridgehead atoms. The molecule has 0 aliphatic heterocycles. The Morgan fingerprint density at radius 2 is 1.78 bits per heavy atom. The van der Waals surface area contributed by atoms with E-state index in [9.17, 15) is 8.78 Å². The zero-order valence-corrected chi connectivity index (χ0v) is 9.23. The predicted molar refractivity (Wildman–Crippen MR) is 61.9 cm³/mol. The Hall–Kier alpha value is -2.41. The van der Waals surface area contributed by atoms with Crippen LogP contribution in [0.15, 0.2) is 42.5 Å². The third-order valence-electron chi connectivity index (χ3n) is 2.23. The quantitative estimate of drug-likeness (QED) is 0.821. The van der Waals surface area contributed by atoms with Crippen LogP contribution in [0, 0.1) is 29.4 Å². The number of benzene rings is 2. The van der Waals surface area contributed by atoms with Crippen LogP contribution in [-0.4, -0.2) is 0 Å². The summed E-state index contributed by atoms with van der Waals surface area (Å²) in [7, 11) is 0. The number of nitriles is 1. The van der Waals surface area contributed by atoms with Crippen LogP contribution in [0.5, 0.6) is 11.5 Å². The summed E-state index contributed by atoms with van der Waals surface area (Å²) >= 11 is 0. The average molecular weight is 244 g/mol. The summed E-state index contributed by atoms with van der Waals surface area (Å²) in [5.74, 6) is -0.626. The molecule has 0 fully saturated rings. The summed E-state index contributed by atoms with van der Waals surface area (Å²) in [4.78, 5) is 0. The molecule has 2 rings (SSSR count). The SMILES string of the molecule is N#C[CH]c1ccc(F)c(Oc2ccc(F)cc2)c1. The average Bonchev–Trinajstić information content (AvgIpc) is 2.36. The number of halogens is 2. The molecule has 2 aromatic carbocycles. The van der Waals surface area contributed by atoms with Crippen molar-refractivity contribution in [3.63, 3.8) is 0 Å². The molecule has 0 heterocycles. The summed E-state index contributed by atoms with van der Waals surface area (Å²) in [5, 5.41) is 8.52. The Morgan fingerprint density at radius 1 is 1.06 bits per heavy atom. The molecule has 1 radical (unpaired) electrons. The Bertz CT molecular complexity index is 588. The fourth-order valence-electron chi connectivity index (χ4n) is 1.39. The maximum absolute atomic E-state index is 13.5. The van der Waals surface area contributed by atoms with E-state index >= 15 is 0 Å². The Morgan fingerprint density at radius 3 is 2.44 bits per heavy atom. The first-order chi connectivity index (χ1) is 8.69. The van der Waals surface area contributed by atoms with Crippen LogP contribution in [0.4, 0.5) is 8.78 Å². The van der Waals surface area contributed by atoms with Gasteiger partial charge in [-0.1, -0.05) is 6.07 Å². The van der Waals surface area contributed by atoms with Crippen molar-refractivity contribution < 1.29 is 13.5 Å². The van der Waals surface area contributed by atoms with Gasteiger partial charge in [0.05, 0.1) is 12.5 Å². The fourth-order valence-corrected chi connectivity index (χ4v) is 1.39. The number of ether oxygens (including phenoxy) is 1. The maximum Gasteiger partial charge on any atom is 0.165 e. The zero-order chi connectivity index (χ0) is 13.0. The minimum absolute atomic E-state index is 0.00870. The summed E-state index contributed by atoms with van der Waals surface area (Å²) in [5.41, 5.74) is 0.538. The van der Waals surface area contributed by atoms with Gasteiger partial charge in [-0.2, -0.15) is 5.26 Å². The van der Waals surface area contributed by atoms with Crippen molar-refractivity contribution in [1.82, 2.24) is 0 Å². The Balaban J connectivity index is 2.25. The normalized spacial score (nSPS) is 9.83. The monoisotopic (exact) mass is 244 g/mol. The molecule has 2 aromatic rings. The van der Waals surface area contributed by atoms with E-state index in [2.05, 4.69) is 0 Å². The molecule has 0 atom stereocenters. The van der Waals surface area contributed by atoms with Gasteiger partial charge in [-0.25, -0.2) is 8.78 Å². The minimum Gasteiger partial charge on any atom is -0.454 e. The fraction of sp³-hybridized carbons (Fsp3) is 0. The smallest absolute Gasteiger partial charge is 0.165 e. The van der Waals surface area contributed by atoms with Gasteiger partial charge in [0.25, 0.3) is 0 Å². The second-order valence-corrected chi connectivity index (χ2v) is 3.52. The van der Waals surface area contributed by atoms with Gasteiger partial charge in [0.1, 0.15) is 11.6 Å². The topological polar surface area (TPSA) is 33.0 Å². The molecule has 89 valence electrons. The first-order valence-electron chi connectivity index (χ1n) is 5.15. The van der Waals surface area contributed by atoms with Gasteiger partial charge in [-0.15, -0.1) is 0 Å². The van der Waals surface area contributed by atoms with Crippen LogP contribution in [0.1, 0.15) is 5.56 Å². The van der Waals surface area contributed by atoms with Crippen LogP contribution in [0.2, 0.25) is 0 Å². The number of hydrogen-bond acceptors (Lipinski definition) is 2. The van der Waals surface area contributed by atoms with Crippen molar-refractivity contribution in [3.05, 3.63) is 66.1 Å². The highest BCUT2D eigenvalue weighted by Crippen LogP contribution is 2.26. The van der Waals surface area contributed by atoms with Crippen LogP contribution in [-0.2, 0) is 0 Å². The zero-order valence-electron chi connectivity index (χ0n) is 9.23. The van der Waals surface area contributed by atoms with E-state index in [0.29, 0.717) is 11.3 Å². The third kappa shape index (κ3) is 2.83. The van der Waals surface area contributed by atoms with Gasteiger partial charge in [0.15, 0.2) is 11.6 Å². The van der Waals surface area contributed by atoms with Gasteiger partial charge >= 0.3 is 0 Å². The van der Waals surface area contributed by atoms with Gasteiger partial charge in [-0.3, -0.25) is 0 Å². The van der Waals surface area contributed by atoms with E-state index in [1.54, 1.807) is 0 Å². The second kappa shape index (κ2) is 5.28. The summed E-state index contributed by atoms with van der Waals surface area (Å²) in [6.07, 6.45) is 1.27. The minimum atomic E-state index is -0.547. The molecule has 0 aromatic heterocycles. The van der Waals surface area contributed by atoms with Gasteiger partial charge in [0.2, 0.25) is 0 Å². The molecule has 4 heteroatoms. The van der Waals surface area contributed by atoms with Gasteiger partial charge in [-0.05, 0) is 42.0 Å². The summed E-state index contributed by atoms with van der Waals surface area (Å²) in [6, 6.07) is 11.2. The maximum atomic E-state index is 13.5. The van der Waals surface area contributed by atoms with Crippen molar-refractivity contribution >= 4 is 0 Å². The van der Waals surface area contributed by atoms with E-state index in [1.165, 1.54) is 48.9 Å². The summed E-state index contributed by atoms with van der Waals surface area (Å²) in [6.45, 7) is 0. The summed E-state index contributed by atoms with van der Waals surface area (Å²) < 4.78 is 31.5. The van der Waals surface area contributed by atoms with Crippen LogP contribution in [0.3, 0.4) is 0 Å². The first kappa shape index (κ1) is 12.1. The lowest BCUT2D eigenvalue weighted by Crippen LogP contribution is -1.90. The molecule has 0 saturated carbocycles. The molecule has 0 aliphatic rings. The van der Waals surface area contributed by atoms with Gasteiger partial charge in [0, 0.05) is 0 Å². The highest BCUT2D eigenvalue weighted by Gasteiger charge is 2.06. The van der Waals surface area contributed by atoms with Crippen LogP contribution >= 0.6 is 0 Å². The largest absolute Gasteiger partial charge is 0.454 e. The second-order valence-electron chi connectivity index (χ2n) is 3.52. The molecule has 0 amide bonds. The molecular weight excluding hydrogens is 236 g/mol. The lowest BCUT2D eigenvalue weighted by molar-refractivity contribution is 0.441. The van der Waals surface area contributed by atoms with Crippen molar-refractivity contribution in [2.24, 2.45) is 0 Å². The van der Waals surface area contributed by atoms with E-state index in [-0.39, 0.29) is 5.75 Å². The van der Waals surface area contributed by atoms with Crippen LogP contribution < -0.4 is 4.74 Å². The van der Waals surface area contributed by atoms with Crippen molar-refractivity contribution in [2.45, 2.75) is 0 Å². The molecular formula is C14H8F2NO. The van der Waals surface area contributed by atoms with Gasteiger partial charge < -0.3 is 4.74 Å². The molecule has 0 unspecified atom stereocenters. The number of hydrogen-bond donors (Lipinski definition) is 0. The molecule has 2 nitrogen and oxygen atoms in total. The standard InChI is InChI=1S/C14H8F2NO/c15-11-2-4-12(5-3-11)18-14-9-10(7-8-17)1-6-13(14)16/h1-7,9H. The Labute approximate surface area is 103 Å². The lowest BCUT2D eigenvalue weighted by atomic mass is 10.1. The van der Waals surface area contributed by atoms with E-state index in [1.807, 2.05) is 6.07 Å². The van der Waals surface area contributed by atoms with E-state index in [4.69, 9.17) is 10.00 Å². The van der Waals surface area contributed by atoms with Crippen molar-refractivity contribution in [2.75, 3.05) is 0 Å². The molecule has 0 aliphatic carbocycles. The highest BCUT2D eigenvalue weighted by atomic mass is 19.1.